The molecule has 1 amide bonds. The second-order valence-electron chi connectivity index (χ2n) is 6.19. The number of anilines is 1. The number of aryl methyl sites for hydroxylation is 1. The lowest BCUT2D eigenvalue weighted by molar-refractivity contribution is -0.126. The molecule has 2 aliphatic rings. The van der Waals surface area contributed by atoms with E-state index in [4.69, 9.17) is 0 Å². The van der Waals surface area contributed by atoms with E-state index >= 15 is 0 Å². The van der Waals surface area contributed by atoms with Crippen LogP contribution in [-0.4, -0.2) is 47.9 Å². The molecule has 2 saturated heterocycles. The Hall–Kier alpha value is -1.56. The van der Waals surface area contributed by atoms with E-state index in [0.717, 1.165) is 57.5 Å². The molecule has 1 aromatic heterocycles. The van der Waals surface area contributed by atoms with E-state index in [1.807, 2.05) is 24.1 Å². The number of hydrogen-bond donors (Lipinski definition) is 2. The number of rotatable bonds is 3. The van der Waals surface area contributed by atoms with Gasteiger partial charge in [-0.25, -0.2) is 0 Å². The Labute approximate surface area is 125 Å². The summed E-state index contributed by atoms with van der Waals surface area (Å²) in [6.07, 6.45) is 8.06. The summed E-state index contributed by atoms with van der Waals surface area (Å²) in [6.45, 7) is 3.86. The first-order chi connectivity index (χ1) is 10.2. The molecule has 21 heavy (non-hydrogen) atoms. The van der Waals surface area contributed by atoms with E-state index in [-0.39, 0.29) is 17.9 Å². The average Bonchev–Trinajstić information content (AvgIpc) is 2.95. The fourth-order valence-electron chi connectivity index (χ4n) is 3.30. The zero-order valence-electron chi connectivity index (χ0n) is 12.7. The summed E-state index contributed by atoms with van der Waals surface area (Å²) in [5.74, 6) is 0.439. The van der Waals surface area contributed by atoms with Crippen molar-refractivity contribution in [2.75, 3.05) is 31.1 Å². The largest absolute Gasteiger partial charge is 0.367 e. The highest BCUT2D eigenvalue weighted by molar-refractivity contribution is 5.79. The topological polar surface area (TPSA) is 62.2 Å². The van der Waals surface area contributed by atoms with Gasteiger partial charge in [0.15, 0.2) is 0 Å². The molecule has 0 saturated carbocycles. The van der Waals surface area contributed by atoms with Crippen LogP contribution in [0.1, 0.15) is 25.7 Å². The van der Waals surface area contributed by atoms with E-state index in [1.165, 1.54) is 0 Å². The Morgan fingerprint density at radius 1 is 1.38 bits per heavy atom. The van der Waals surface area contributed by atoms with E-state index in [1.54, 1.807) is 0 Å². The maximum atomic E-state index is 12.3. The summed E-state index contributed by atoms with van der Waals surface area (Å²) in [4.78, 5) is 14.7. The van der Waals surface area contributed by atoms with Crippen molar-refractivity contribution >= 4 is 11.6 Å². The molecule has 0 aromatic carbocycles. The van der Waals surface area contributed by atoms with Gasteiger partial charge in [0.2, 0.25) is 5.91 Å². The summed E-state index contributed by atoms with van der Waals surface area (Å²) >= 11 is 0. The SMILES string of the molecule is Cn1cc(N2CCCC(NC(=O)C3CCNCC3)C2)cn1. The lowest BCUT2D eigenvalue weighted by atomic mass is 9.96. The minimum atomic E-state index is 0.194. The van der Waals surface area contributed by atoms with Crippen molar-refractivity contribution in [3.8, 4) is 0 Å². The third kappa shape index (κ3) is 3.56. The van der Waals surface area contributed by atoms with Crippen molar-refractivity contribution in [1.82, 2.24) is 20.4 Å². The van der Waals surface area contributed by atoms with Gasteiger partial charge in [0.1, 0.15) is 0 Å². The summed E-state index contributed by atoms with van der Waals surface area (Å²) in [5.41, 5.74) is 1.15. The zero-order chi connectivity index (χ0) is 14.7. The van der Waals surface area contributed by atoms with E-state index in [9.17, 15) is 4.79 Å². The Balaban J connectivity index is 1.54. The van der Waals surface area contributed by atoms with Crippen molar-refractivity contribution in [2.24, 2.45) is 13.0 Å². The molecule has 6 heteroatoms. The van der Waals surface area contributed by atoms with Crippen LogP contribution in [-0.2, 0) is 11.8 Å². The Morgan fingerprint density at radius 2 is 2.19 bits per heavy atom. The van der Waals surface area contributed by atoms with Gasteiger partial charge in [-0.3, -0.25) is 9.48 Å². The minimum absolute atomic E-state index is 0.194. The first-order valence-electron chi connectivity index (χ1n) is 7.97. The number of aromatic nitrogens is 2. The molecule has 1 unspecified atom stereocenters. The van der Waals surface area contributed by atoms with Crippen LogP contribution in [0, 0.1) is 5.92 Å². The van der Waals surface area contributed by atoms with Gasteiger partial charge in [-0.1, -0.05) is 0 Å². The van der Waals surface area contributed by atoms with Crippen LogP contribution in [0.15, 0.2) is 12.4 Å². The molecule has 1 aromatic rings. The molecule has 1 atom stereocenters. The lowest BCUT2D eigenvalue weighted by Crippen LogP contribution is -2.50. The average molecular weight is 291 g/mol. The van der Waals surface area contributed by atoms with Crippen LogP contribution >= 0.6 is 0 Å². The van der Waals surface area contributed by atoms with Crippen molar-refractivity contribution in [2.45, 2.75) is 31.7 Å². The van der Waals surface area contributed by atoms with Gasteiger partial charge in [-0.05, 0) is 38.8 Å². The van der Waals surface area contributed by atoms with Gasteiger partial charge < -0.3 is 15.5 Å². The Morgan fingerprint density at radius 3 is 2.90 bits per heavy atom. The van der Waals surface area contributed by atoms with Crippen LogP contribution in [0.25, 0.3) is 0 Å². The van der Waals surface area contributed by atoms with Gasteiger partial charge in [0.25, 0.3) is 0 Å². The number of nitrogens with one attached hydrogen (secondary N) is 2. The molecular formula is C15H25N5O. The third-order valence-electron chi connectivity index (χ3n) is 4.53. The predicted molar refractivity (Wildman–Crippen MR) is 82.2 cm³/mol. The molecule has 2 fully saturated rings. The molecule has 0 radical (unpaired) electrons. The smallest absolute Gasteiger partial charge is 0.223 e. The van der Waals surface area contributed by atoms with Gasteiger partial charge in [-0.15, -0.1) is 0 Å². The molecule has 0 spiro atoms. The third-order valence-corrected chi connectivity index (χ3v) is 4.53. The summed E-state index contributed by atoms with van der Waals surface area (Å²) < 4.78 is 1.83. The zero-order valence-corrected chi connectivity index (χ0v) is 12.7. The van der Waals surface area contributed by atoms with Crippen LogP contribution in [0.4, 0.5) is 5.69 Å². The van der Waals surface area contributed by atoms with Gasteiger partial charge in [0.05, 0.1) is 11.9 Å². The molecule has 2 N–H and O–H groups in total. The molecule has 3 rings (SSSR count). The van der Waals surface area contributed by atoms with Crippen molar-refractivity contribution in [3.05, 3.63) is 12.4 Å². The van der Waals surface area contributed by atoms with E-state index in [2.05, 4.69) is 20.6 Å². The van der Waals surface area contributed by atoms with Gasteiger partial charge in [0, 0.05) is 38.3 Å². The monoisotopic (exact) mass is 291 g/mol. The highest BCUT2D eigenvalue weighted by Crippen LogP contribution is 2.20. The lowest BCUT2D eigenvalue weighted by Gasteiger charge is -2.35. The quantitative estimate of drug-likeness (QED) is 0.851. The second kappa shape index (κ2) is 6.47. The number of hydrogen-bond acceptors (Lipinski definition) is 4. The van der Waals surface area contributed by atoms with E-state index < -0.39 is 0 Å². The van der Waals surface area contributed by atoms with Crippen molar-refractivity contribution in [3.63, 3.8) is 0 Å². The number of nitrogens with zero attached hydrogens (tertiary/aromatic N) is 3. The first kappa shape index (κ1) is 14.4. The fraction of sp³-hybridized carbons (Fsp3) is 0.733. The van der Waals surface area contributed by atoms with Gasteiger partial charge in [-0.2, -0.15) is 5.10 Å². The maximum absolute atomic E-state index is 12.3. The minimum Gasteiger partial charge on any atom is -0.367 e. The number of carbonyl (C=O) groups is 1. The van der Waals surface area contributed by atoms with Crippen LogP contribution in [0.5, 0.6) is 0 Å². The number of piperidine rings is 2. The molecule has 0 aliphatic carbocycles. The van der Waals surface area contributed by atoms with Crippen LogP contribution < -0.4 is 15.5 Å². The normalized spacial score (nSPS) is 24.0. The Kier molecular flexibility index (Phi) is 4.43. The molecule has 116 valence electrons. The van der Waals surface area contributed by atoms with Crippen LogP contribution in [0.2, 0.25) is 0 Å². The maximum Gasteiger partial charge on any atom is 0.223 e. The summed E-state index contributed by atoms with van der Waals surface area (Å²) in [5, 5.41) is 10.8. The number of amides is 1. The second-order valence-corrected chi connectivity index (χ2v) is 6.19. The number of carbonyl (C=O) groups excluding carboxylic acids is 1. The predicted octanol–water partition coefficient (Wildman–Crippen LogP) is 0.505. The first-order valence-corrected chi connectivity index (χ1v) is 7.97. The molecule has 0 bridgehead atoms. The van der Waals surface area contributed by atoms with Gasteiger partial charge >= 0.3 is 0 Å². The molecule has 6 nitrogen and oxygen atoms in total. The molecule has 2 aliphatic heterocycles. The summed E-state index contributed by atoms with van der Waals surface area (Å²) in [6, 6.07) is 0.265. The van der Waals surface area contributed by atoms with E-state index in [0.29, 0.717) is 0 Å². The standard InChI is InChI=1S/C15H25N5O/c1-19-11-14(9-17-19)20-8-2-3-13(10-20)18-15(21)12-4-6-16-7-5-12/h9,11-13,16H,2-8,10H2,1H3,(H,18,21). The van der Waals surface area contributed by atoms with Crippen molar-refractivity contribution in [1.29, 1.82) is 0 Å². The highest BCUT2D eigenvalue weighted by Gasteiger charge is 2.26. The highest BCUT2D eigenvalue weighted by atomic mass is 16.2. The molecular weight excluding hydrogens is 266 g/mol. The van der Waals surface area contributed by atoms with Crippen molar-refractivity contribution < 1.29 is 4.79 Å². The summed E-state index contributed by atoms with van der Waals surface area (Å²) in [7, 11) is 1.93. The molecule has 3 heterocycles. The Bertz CT molecular complexity index is 480. The fourth-order valence-corrected chi connectivity index (χ4v) is 3.30. The van der Waals surface area contributed by atoms with Crippen LogP contribution in [0.3, 0.4) is 0 Å².